The van der Waals surface area contributed by atoms with E-state index in [0.29, 0.717) is 27.9 Å². The highest BCUT2D eigenvalue weighted by molar-refractivity contribution is 6.08. The summed E-state index contributed by atoms with van der Waals surface area (Å²) >= 11 is 0. The number of phenols is 1. The fourth-order valence-electron chi connectivity index (χ4n) is 3.77. The molecule has 8 heteroatoms. The fourth-order valence-corrected chi connectivity index (χ4v) is 3.77. The Morgan fingerprint density at radius 3 is 2.14 bits per heavy atom. The monoisotopic (exact) mass is 483 g/mol. The number of azo groups is 1. The maximum Gasteiger partial charge on any atom is 0.340 e. The summed E-state index contributed by atoms with van der Waals surface area (Å²) < 4.78 is 5.26. The van der Waals surface area contributed by atoms with Gasteiger partial charge in [0.25, 0.3) is 0 Å². The molecule has 0 fully saturated rings. The molecule has 0 amide bonds. The molecule has 0 unspecified atom stereocenters. The van der Waals surface area contributed by atoms with Crippen molar-refractivity contribution in [2.75, 3.05) is 19.0 Å². The average Bonchev–Trinajstić information content (AvgIpc) is 2.85. The lowest BCUT2D eigenvalue weighted by atomic mass is 9.98. The first-order valence-corrected chi connectivity index (χ1v) is 11.3. The van der Waals surface area contributed by atoms with Crippen molar-refractivity contribution in [1.29, 1.82) is 0 Å². The van der Waals surface area contributed by atoms with Gasteiger partial charge in [0.1, 0.15) is 17.1 Å². The largest absolute Gasteiger partial charge is 0.508 e. The molecule has 1 N–H and O–H groups in total. The highest BCUT2D eigenvalue weighted by atomic mass is 16.4. The first-order chi connectivity index (χ1) is 17.2. The van der Waals surface area contributed by atoms with Gasteiger partial charge in [-0.25, -0.2) is 4.79 Å². The second-order valence-electron chi connectivity index (χ2n) is 8.65. The molecule has 1 aromatic heterocycles. The van der Waals surface area contributed by atoms with Gasteiger partial charge in [-0.05, 0) is 73.2 Å². The minimum Gasteiger partial charge on any atom is -0.508 e. The number of phenolic OH excluding ortho intramolecular Hbond substituents is 1. The standard InChI is InChI=1S/C28H25N3O5/c1-17-24-13-12-22(32)16-27(24)36-28(35)25(17)14-23(33)15-26(34)18-4-6-19(7-5-18)29-30-20-8-10-21(11-9-20)31(2)3/h4-13,16,32H,14-15H2,1-3H3. The van der Waals surface area contributed by atoms with E-state index in [1.165, 1.54) is 12.1 Å². The topological polar surface area (TPSA) is 113 Å². The van der Waals surface area contributed by atoms with Crippen LogP contribution in [0.15, 0.2) is 86.2 Å². The molecule has 0 bridgehead atoms. The number of carbonyl (C=O) groups excluding carboxylic acids is 2. The number of hydrogen-bond donors (Lipinski definition) is 1. The number of Topliss-reactive ketones (excluding diaryl/α,β-unsaturated/α-hetero) is 2. The summed E-state index contributed by atoms with van der Waals surface area (Å²) in [4.78, 5) is 39.6. The molecule has 0 radical (unpaired) electrons. The van der Waals surface area contributed by atoms with E-state index in [-0.39, 0.29) is 35.5 Å². The Kier molecular flexibility index (Phi) is 7.05. The van der Waals surface area contributed by atoms with E-state index in [9.17, 15) is 19.5 Å². The van der Waals surface area contributed by atoms with Crippen LogP contribution in [-0.2, 0) is 11.2 Å². The first-order valence-electron chi connectivity index (χ1n) is 11.3. The number of ketones is 2. The van der Waals surface area contributed by atoms with Crippen molar-refractivity contribution in [3.8, 4) is 5.75 Å². The maximum atomic E-state index is 12.6. The maximum absolute atomic E-state index is 12.6. The summed E-state index contributed by atoms with van der Waals surface area (Å²) in [5.74, 6) is -0.764. The highest BCUT2D eigenvalue weighted by Gasteiger charge is 2.18. The van der Waals surface area contributed by atoms with Crippen molar-refractivity contribution < 1.29 is 19.1 Å². The van der Waals surface area contributed by atoms with Crippen LogP contribution in [0.4, 0.5) is 17.1 Å². The minimum absolute atomic E-state index is 0.0226. The van der Waals surface area contributed by atoms with Gasteiger partial charge >= 0.3 is 5.63 Å². The summed E-state index contributed by atoms with van der Waals surface area (Å²) in [6.45, 7) is 1.71. The number of benzene rings is 3. The lowest BCUT2D eigenvalue weighted by molar-refractivity contribution is -0.117. The summed E-state index contributed by atoms with van der Waals surface area (Å²) in [7, 11) is 3.92. The van der Waals surface area contributed by atoms with Gasteiger partial charge in [-0.3, -0.25) is 9.59 Å². The highest BCUT2D eigenvalue weighted by Crippen LogP contribution is 2.24. The van der Waals surface area contributed by atoms with E-state index in [4.69, 9.17) is 4.42 Å². The molecular formula is C28H25N3O5. The fraction of sp³-hybridized carbons (Fsp3) is 0.179. The van der Waals surface area contributed by atoms with Gasteiger partial charge in [0, 0.05) is 48.8 Å². The number of aryl methyl sites for hydroxylation is 1. The van der Waals surface area contributed by atoms with Gasteiger partial charge < -0.3 is 14.4 Å². The van der Waals surface area contributed by atoms with Crippen molar-refractivity contribution in [3.05, 3.63) is 93.8 Å². The lowest BCUT2D eigenvalue weighted by Crippen LogP contribution is -2.17. The van der Waals surface area contributed by atoms with E-state index < -0.39 is 11.4 Å². The van der Waals surface area contributed by atoms with Crippen LogP contribution < -0.4 is 10.5 Å². The molecule has 0 atom stereocenters. The summed E-state index contributed by atoms with van der Waals surface area (Å²) in [6, 6.07) is 18.6. The summed E-state index contributed by atoms with van der Waals surface area (Å²) in [6.07, 6.45) is -0.554. The Morgan fingerprint density at radius 2 is 1.53 bits per heavy atom. The normalized spacial score (nSPS) is 11.2. The molecule has 0 aliphatic rings. The van der Waals surface area contributed by atoms with Crippen LogP contribution in [-0.4, -0.2) is 30.8 Å². The molecule has 4 aromatic rings. The molecule has 36 heavy (non-hydrogen) atoms. The number of anilines is 1. The zero-order chi connectivity index (χ0) is 25.8. The van der Waals surface area contributed by atoms with Crippen molar-refractivity contribution in [3.63, 3.8) is 0 Å². The number of hydrogen-bond acceptors (Lipinski definition) is 8. The van der Waals surface area contributed by atoms with E-state index in [0.717, 1.165) is 5.69 Å². The molecular weight excluding hydrogens is 458 g/mol. The molecule has 0 saturated carbocycles. The Bertz CT molecular complexity index is 1520. The Balaban J connectivity index is 1.40. The van der Waals surface area contributed by atoms with Crippen molar-refractivity contribution >= 4 is 39.6 Å². The number of carbonyl (C=O) groups is 2. The molecule has 3 aromatic carbocycles. The molecule has 0 aliphatic heterocycles. The smallest absolute Gasteiger partial charge is 0.340 e. The molecule has 8 nitrogen and oxygen atoms in total. The Labute approximate surface area is 207 Å². The van der Waals surface area contributed by atoms with Crippen molar-refractivity contribution in [2.24, 2.45) is 10.2 Å². The van der Waals surface area contributed by atoms with Gasteiger partial charge in [0.2, 0.25) is 0 Å². The number of fused-ring (bicyclic) bond motifs is 1. The SMILES string of the molecule is Cc1c(CC(=O)CC(=O)c2ccc(N=Nc3ccc(N(C)C)cc3)cc2)c(=O)oc2cc(O)ccc12. The van der Waals surface area contributed by atoms with Crippen LogP contribution in [0, 0.1) is 6.92 Å². The predicted octanol–water partition coefficient (Wildman–Crippen LogP) is 5.67. The number of nitrogens with zero attached hydrogens (tertiary/aromatic N) is 3. The van der Waals surface area contributed by atoms with Gasteiger partial charge in [0.15, 0.2) is 5.78 Å². The first kappa shape index (κ1) is 24.5. The number of aromatic hydroxyl groups is 1. The second-order valence-corrected chi connectivity index (χ2v) is 8.65. The van der Waals surface area contributed by atoms with Crippen LogP contribution in [0.3, 0.4) is 0 Å². The predicted molar refractivity (Wildman–Crippen MR) is 138 cm³/mol. The Morgan fingerprint density at radius 1 is 0.917 bits per heavy atom. The van der Waals surface area contributed by atoms with E-state index in [2.05, 4.69) is 10.2 Å². The average molecular weight is 484 g/mol. The van der Waals surface area contributed by atoms with E-state index in [1.54, 1.807) is 37.3 Å². The summed E-state index contributed by atoms with van der Waals surface area (Å²) in [5, 5.41) is 18.6. The van der Waals surface area contributed by atoms with Gasteiger partial charge in [-0.15, -0.1) is 0 Å². The van der Waals surface area contributed by atoms with Crippen LogP contribution in [0.1, 0.15) is 27.9 Å². The molecule has 4 rings (SSSR count). The quantitative estimate of drug-likeness (QED) is 0.149. The van der Waals surface area contributed by atoms with Crippen molar-refractivity contribution in [2.45, 2.75) is 19.8 Å². The Hall–Kier alpha value is -4.59. The van der Waals surface area contributed by atoms with Crippen LogP contribution >= 0.6 is 0 Å². The molecule has 182 valence electrons. The molecule has 0 spiro atoms. The molecule has 0 saturated heterocycles. The third-order valence-electron chi connectivity index (χ3n) is 5.84. The molecule has 0 aliphatic carbocycles. The van der Waals surface area contributed by atoms with E-state index >= 15 is 0 Å². The second kappa shape index (κ2) is 10.4. The molecule has 1 heterocycles. The zero-order valence-corrected chi connectivity index (χ0v) is 20.2. The van der Waals surface area contributed by atoms with Gasteiger partial charge in [-0.1, -0.05) is 0 Å². The van der Waals surface area contributed by atoms with E-state index in [1.807, 2.05) is 43.3 Å². The third kappa shape index (κ3) is 5.55. The van der Waals surface area contributed by atoms with Crippen LogP contribution in [0.5, 0.6) is 5.75 Å². The summed E-state index contributed by atoms with van der Waals surface area (Å²) in [5.41, 5.74) is 3.10. The van der Waals surface area contributed by atoms with Gasteiger partial charge in [-0.2, -0.15) is 10.2 Å². The third-order valence-corrected chi connectivity index (χ3v) is 5.84. The lowest BCUT2D eigenvalue weighted by Gasteiger charge is -2.11. The van der Waals surface area contributed by atoms with Gasteiger partial charge in [0.05, 0.1) is 17.8 Å². The minimum atomic E-state index is -0.655. The van der Waals surface area contributed by atoms with Crippen molar-refractivity contribution in [1.82, 2.24) is 0 Å². The van der Waals surface area contributed by atoms with Crippen LogP contribution in [0.25, 0.3) is 11.0 Å². The zero-order valence-electron chi connectivity index (χ0n) is 20.2. The number of rotatable bonds is 8. The van der Waals surface area contributed by atoms with Crippen LogP contribution in [0.2, 0.25) is 0 Å².